The van der Waals surface area contributed by atoms with E-state index >= 15 is 0 Å². The standard InChI is InChI=1S/C14H23N3O2/c1-10-8-12(10)14(19)17-6-4-16(5-7-17)9-13(18)15-11-2-3-11/h10-12H,2-9H2,1H3,(H,15,18). The number of carbonyl (C=O) groups is 2. The Morgan fingerprint density at radius 2 is 1.79 bits per heavy atom. The molecule has 3 rings (SSSR count). The molecule has 0 aromatic carbocycles. The molecule has 2 unspecified atom stereocenters. The van der Waals surface area contributed by atoms with Crippen LogP contribution >= 0.6 is 0 Å². The molecule has 19 heavy (non-hydrogen) atoms. The molecule has 2 aliphatic carbocycles. The lowest BCUT2D eigenvalue weighted by molar-refractivity contribution is -0.134. The van der Waals surface area contributed by atoms with E-state index in [9.17, 15) is 9.59 Å². The van der Waals surface area contributed by atoms with Crippen LogP contribution in [-0.4, -0.2) is 60.4 Å². The van der Waals surface area contributed by atoms with Crippen molar-refractivity contribution in [2.45, 2.75) is 32.2 Å². The van der Waals surface area contributed by atoms with Crippen LogP contribution in [0.5, 0.6) is 0 Å². The average Bonchev–Trinajstić information content (AvgIpc) is 3.28. The van der Waals surface area contributed by atoms with Crippen LogP contribution in [0, 0.1) is 11.8 Å². The highest BCUT2D eigenvalue weighted by Gasteiger charge is 2.42. The molecule has 0 aromatic rings. The second-order valence-electron chi connectivity index (χ2n) is 6.26. The molecule has 0 radical (unpaired) electrons. The first-order valence-electron chi connectivity index (χ1n) is 7.44. The summed E-state index contributed by atoms with van der Waals surface area (Å²) >= 11 is 0. The van der Waals surface area contributed by atoms with Gasteiger partial charge in [-0.2, -0.15) is 0 Å². The van der Waals surface area contributed by atoms with Gasteiger partial charge >= 0.3 is 0 Å². The maximum absolute atomic E-state index is 12.1. The molecule has 2 saturated carbocycles. The maximum atomic E-state index is 12.1. The van der Waals surface area contributed by atoms with Gasteiger partial charge in [-0.05, 0) is 25.2 Å². The SMILES string of the molecule is CC1CC1C(=O)N1CCN(CC(=O)NC2CC2)CC1. The minimum Gasteiger partial charge on any atom is -0.352 e. The van der Waals surface area contributed by atoms with Crippen LogP contribution in [0.25, 0.3) is 0 Å². The lowest BCUT2D eigenvalue weighted by Crippen LogP contribution is -2.51. The summed E-state index contributed by atoms with van der Waals surface area (Å²) in [4.78, 5) is 27.9. The van der Waals surface area contributed by atoms with E-state index in [2.05, 4.69) is 17.1 Å². The molecular weight excluding hydrogens is 242 g/mol. The van der Waals surface area contributed by atoms with Crippen LogP contribution < -0.4 is 5.32 Å². The monoisotopic (exact) mass is 265 g/mol. The Hall–Kier alpha value is -1.10. The predicted octanol–water partition coefficient (Wildman–Crippen LogP) is 0.0652. The summed E-state index contributed by atoms with van der Waals surface area (Å²) < 4.78 is 0. The number of nitrogens with one attached hydrogen (secondary N) is 1. The van der Waals surface area contributed by atoms with E-state index in [0.29, 0.717) is 24.4 Å². The van der Waals surface area contributed by atoms with Crippen LogP contribution in [-0.2, 0) is 9.59 Å². The Balaban J connectivity index is 1.39. The van der Waals surface area contributed by atoms with Gasteiger partial charge in [0.15, 0.2) is 0 Å². The summed E-state index contributed by atoms with van der Waals surface area (Å²) in [6, 6.07) is 0.437. The Morgan fingerprint density at radius 3 is 2.32 bits per heavy atom. The van der Waals surface area contributed by atoms with Crippen molar-refractivity contribution in [1.82, 2.24) is 15.1 Å². The molecule has 1 saturated heterocycles. The second-order valence-corrected chi connectivity index (χ2v) is 6.26. The second kappa shape index (κ2) is 5.12. The Kier molecular flexibility index (Phi) is 3.48. The number of nitrogens with zero attached hydrogens (tertiary/aromatic N) is 2. The van der Waals surface area contributed by atoms with Gasteiger partial charge in [-0.3, -0.25) is 14.5 Å². The van der Waals surface area contributed by atoms with E-state index in [-0.39, 0.29) is 11.8 Å². The van der Waals surface area contributed by atoms with Gasteiger partial charge in [0, 0.05) is 38.1 Å². The number of hydrogen-bond acceptors (Lipinski definition) is 3. The number of piperazine rings is 1. The molecule has 1 heterocycles. The minimum absolute atomic E-state index is 0.137. The molecular formula is C14H23N3O2. The topological polar surface area (TPSA) is 52.7 Å². The van der Waals surface area contributed by atoms with Crippen molar-refractivity contribution in [2.75, 3.05) is 32.7 Å². The third kappa shape index (κ3) is 3.26. The molecule has 106 valence electrons. The molecule has 5 heteroatoms. The summed E-state index contributed by atoms with van der Waals surface area (Å²) in [6.07, 6.45) is 3.32. The fraction of sp³-hybridized carbons (Fsp3) is 0.857. The lowest BCUT2D eigenvalue weighted by atomic mass is 10.2. The third-order valence-electron chi connectivity index (χ3n) is 4.42. The number of rotatable bonds is 4. The molecule has 3 aliphatic rings. The fourth-order valence-corrected chi connectivity index (χ4v) is 2.73. The van der Waals surface area contributed by atoms with Crippen molar-refractivity contribution in [3.63, 3.8) is 0 Å². The lowest BCUT2D eigenvalue weighted by Gasteiger charge is -2.34. The third-order valence-corrected chi connectivity index (χ3v) is 4.42. The zero-order valence-corrected chi connectivity index (χ0v) is 11.6. The van der Waals surface area contributed by atoms with Gasteiger partial charge in [0.05, 0.1) is 6.54 Å². The van der Waals surface area contributed by atoms with Crippen molar-refractivity contribution in [1.29, 1.82) is 0 Å². The van der Waals surface area contributed by atoms with Crippen LogP contribution in [0.1, 0.15) is 26.2 Å². The summed E-state index contributed by atoms with van der Waals surface area (Å²) in [6.45, 7) is 5.83. The molecule has 2 atom stereocenters. The minimum atomic E-state index is 0.137. The predicted molar refractivity (Wildman–Crippen MR) is 71.5 cm³/mol. The first kappa shape index (κ1) is 12.9. The fourth-order valence-electron chi connectivity index (χ4n) is 2.73. The summed E-state index contributed by atoms with van der Waals surface area (Å²) in [7, 11) is 0. The summed E-state index contributed by atoms with van der Waals surface area (Å²) in [5.41, 5.74) is 0. The van der Waals surface area contributed by atoms with Crippen LogP contribution in [0.2, 0.25) is 0 Å². The van der Waals surface area contributed by atoms with Gasteiger partial charge in [0.2, 0.25) is 11.8 Å². The molecule has 0 bridgehead atoms. The molecule has 1 aliphatic heterocycles. The van der Waals surface area contributed by atoms with E-state index in [1.807, 2.05) is 4.90 Å². The Morgan fingerprint density at radius 1 is 1.16 bits per heavy atom. The normalized spacial score (nSPS) is 31.1. The summed E-state index contributed by atoms with van der Waals surface area (Å²) in [5.74, 6) is 1.33. The highest BCUT2D eigenvalue weighted by atomic mass is 16.2. The number of hydrogen-bond donors (Lipinski definition) is 1. The van der Waals surface area contributed by atoms with Crippen LogP contribution in [0.15, 0.2) is 0 Å². The van der Waals surface area contributed by atoms with E-state index < -0.39 is 0 Å². The molecule has 5 nitrogen and oxygen atoms in total. The van der Waals surface area contributed by atoms with Crippen LogP contribution in [0.4, 0.5) is 0 Å². The van der Waals surface area contributed by atoms with Crippen molar-refractivity contribution >= 4 is 11.8 Å². The van der Waals surface area contributed by atoms with E-state index in [0.717, 1.165) is 45.4 Å². The van der Waals surface area contributed by atoms with Gasteiger partial charge in [-0.15, -0.1) is 0 Å². The van der Waals surface area contributed by atoms with Crippen LogP contribution in [0.3, 0.4) is 0 Å². The zero-order valence-electron chi connectivity index (χ0n) is 11.6. The summed E-state index contributed by atoms with van der Waals surface area (Å²) in [5, 5.41) is 3.01. The largest absolute Gasteiger partial charge is 0.352 e. The first-order valence-corrected chi connectivity index (χ1v) is 7.44. The Bertz CT molecular complexity index is 373. The maximum Gasteiger partial charge on any atom is 0.234 e. The first-order chi connectivity index (χ1) is 9.13. The highest BCUT2D eigenvalue weighted by Crippen LogP contribution is 2.39. The van der Waals surface area contributed by atoms with Crippen molar-refractivity contribution in [3.05, 3.63) is 0 Å². The van der Waals surface area contributed by atoms with Crippen molar-refractivity contribution in [3.8, 4) is 0 Å². The molecule has 3 fully saturated rings. The number of carbonyl (C=O) groups excluding carboxylic acids is 2. The van der Waals surface area contributed by atoms with Crippen molar-refractivity contribution in [2.24, 2.45) is 11.8 Å². The highest BCUT2D eigenvalue weighted by molar-refractivity contribution is 5.82. The average molecular weight is 265 g/mol. The Labute approximate surface area is 114 Å². The van der Waals surface area contributed by atoms with Gasteiger partial charge in [-0.25, -0.2) is 0 Å². The van der Waals surface area contributed by atoms with E-state index in [1.165, 1.54) is 0 Å². The number of amides is 2. The van der Waals surface area contributed by atoms with E-state index in [4.69, 9.17) is 0 Å². The van der Waals surface area contributed by atoms with Gasteiger partial charge in [0.25, 0.3) is 0 Å². The molecule has 1 N–H and O–H groups in total. The molecule has 0 aromatic heterocycles. The van der Waals surface area contributed by atoms with Gasteiger partial charge < -0.3 is 10.2 Å². The van der Waals surface area contributed by atoms with Gasteiger partial charge in [0.1, 0.15) is 0 Å². The molecule has 0 spiro atoms. The van der Waals surface area contributed by atoms with Crippen molar-refractivity contribution < 1.29 is 9.59 Å². The van der Waals surface area contributed by atoms with Gasteiger partial charge in [-0.1, -0.05) is 6.92 Å². The zero-order chi connectivity index (χ0) is 13.4. The van der Waals surface area contributed by atoms with E-state index in [1.54, 1.807) is 0 Å². The molecule has 2 amide bonds. The quantitative estimate of drug-likeness (QED) is 0.782. The smallest absolute Gasteiger partial charge is 0.234 e.